The number of hydrogen-bond acceptors (Lipinski definition) is 3. The molecule has 0 spiro atoms. The van der Waals surface area contributed by atoms with Crippen LogP contribution < -0.4 is 5.32 Å². The number of carbonyl (C=O) groups excluding carboxylic acids is 1. The number of anilines is 1. The molecule has 2 amide bonds. The molecule has 114 valence electrons. The van der Waals surface area contributed by atoms with Crippen LogP contribution in [0.15, 0.2) is 18.2 Å². The third kappa shape index (κ3) is 3.72. The standard InChI is InChI=1S/C15H20N2O4/c1-10-2-3-12(14(19)20)8-13(10)16-15(21)17-6-4-11(9-18)5-7-17/h2-3,8,11,18H,4-7,9H2,1H3,(H,16,21)(H,19,20). The Morgan fingerprint density at radius 2 is 2.00 bits per heavy atom. The van der Waals surface area contributed by atoms with Crippen molar-refractivity contribution in [1.82, 2.24) is 4.90 Å². The average Bonchev–Trinajstić information content (AvgIpc) is 2.49. The number of aliphatic hydroxyl groups excluding tert-OH is 1. The molecule has 1 aromatic rings. The number of rotatable bonds is 3. The molecule has 0 bridgehead atoms. The predicted octanol–water partition coefficient (Wildman–Crippen LogP) is 1.93. The molecule has 0 aromatic heterocycles. The van der Waals surface area contributed by atoms with Crippen LogP contribution in [0.4, 0.5) is 10.5 Å². The molecule has 1 heterocycles. The second kappa shape index (κ2) is 6.58. The van der Waals surface area contributed by atoms with Gasteiger partial charge >= 0.3 is 12.0 Å². The van der Waals surface area contributed by atoms with E-state index in [0.29, 0.717) is 18.8 Å². The van der Waals surface area contributed by atoms with Gasteiger partial charge in [-0.3, -0.25) is 0 Å². The molecule has 1 fully saturated rings. The maximum Gasteiger partial charge on any atom is 0.335 e. The molecular formula is C15H20N2O4. The topological polar surface area (TPSA) is 89.9 Å². The predicted molar refractivity (Wildman–Crippen MR) is 78.5 cm³/mol. The van der Waals surface area contributed by atoms with E-state index in [-0.39, 0.29) is 24.1 Å². The van der Waals surface area contributed by atoms with Crippen molar-refractivity contribution < 1.29 is 19.8 Å². The summed E-state index contributed by atoms with van der Waals surface area (Å²) in [7, 11) is 0. The maximum absolute atomic E-state index is 12.2. The number of aliphatic hydroxyl groups is 1. The van der Waals surface area contributed by atoms with Crippen LogP contribution >= 0.6 is 0 Å². The third-order valence-electron chi connectivity index (χ3n) is 3.89. The second-order valence-electron chi connectivity index (χ2n) is 5.38. The van der Waals surface area contributed by atoms with Crippen LogP contribution in [0.5, 0.6) is 0 Å². The first kappa shape index (κ1) is 15.3. The summed E-state index contributed by atoms with van der Waals surface area (Å²) in [6.45, 7) is 3.19. The molecule has 0 unspecified atom stereocenters. The van der Waals surface area contributed by atoms with Gasteiger partial charge in [-0.05, 0) is 43.4 Å². The summed E-state index contributed by atoms with van der Waals surface area (Å²) < 4.78 is 0. The van der Waals surface area contributed by atoms with Crippen molar-refractivity contribution in [2.75, 3.05) is 25.0 Å². The van der Waals surface area contributed by atoms with Crippen LogP contribution in [0.25, 0.3) is 0 Å². The van der Waals surface area contributed by atoms with Crippen LogP contribution in [0.1, 0.15) is 28.8 Å². The summed E-state index contributed by atoms with van der Waals surface area (Å²) in [4.78, 5) is 24.9. The molecule has 0 aliphatic carbocycles. The number of nitrogens with one attached hydrogen (secondary N) is 1. The highest BCUT2D eigenvalue weighted by Gasteiger charge is 2.22. The van der Waals surface area contributed by atoms with E-state index in [1.54, 1.807) is 11.0 Å². The number of benzene rings is 1. The Hall–Kier alpha value is -2.08. The van der Waals surface area contributed by atoms with Crippen LogP contribution in [-0.2, 0) is 0 Å². The summed E-state index contributed by atoms with van der Waals surface area (Å²) in [6.07, 6.45) is 1.58. The maximum atomic E-state index is 12.2. The number of piperidine rings is 1. The van der Waals surface area contributed by atoms with Crippen molar-refractivity contribution in [2.45, 2.75) is 19.8 Å². The first-order valence-electron chi connectivity index (χ1n) is 7.02. The molecule has 0 radical (unpaired) electrons. The largest absolute Gasteiger partial charge is 0.478 e. The molecule has 21 heavy (non-hydrogen) atoms. The molecule has 1 saturated heterocycles. The molecule has 1 aromatic carbocycles. The van der Waals surface area contributed by atoms with Gasteiger partial charge in [-0.1, -0.05) is 6.07 Å². The minimum absolute atomic E-state index is 0.148. The Bertz CT molecular complexity index is 536. The van der Waals surface area contributed by atoms with E-state index >= 15 is 0 Å². The number of likely N-dealkylation sites (tertiary alicyclic amines) is 1. The van der Waals surface area contributed by atoms with Crippen LogP contribution in [-0.4, -0.2) is 46.8 Å². The zero-order chi connectivity index (χ0) is 15.4. The monoisotopic (exact) mass is 292 g/mol. The highest BCUT2D eigenvalue weighted by atomic mass is 16.4. The molecule has 6 heteroatoms. The van der Waals surface area contributed by atoms with Gasteiger partial charge in [0.15, 0.2) is 0 Å². The Labute approximate surface area is 123 Å². The number of carboxylic acid groups (broad SMARTS) is 1. The summed E-state index contributed by atoms with van der Waals surface area (Å²) in [6, 6.07) is 4.43. The molecule has 1 aliphatic heterocycles. The number of carboxylic acids is 1. The van der Waals surface area contributed by atoms with Gasteiger partial charge in [0.05, 0.1) is 5.56 Å². The smallest absolute Gasteiger partial charge is 0.335 e. The minimum atomic E-state index is -1.02. The van der Waals surface area contributed by atoms with Crippen LogP contribution in [0.2, 0.25) is 0 Å². The van der Waals surface area contributed by atoms with E-state index in [1.165, 1.54) is 12.1 Å². The van der Waals surface area contributed by atoms with Crippen LogP contribution in [0.3, 0.4) is 0 Å². The van der Waals surface area contributed by atoms with Crippen molar-refractivity contribution in [1.29, 1.82) is 0 Å². The van der Waals surface area contributed by atoms with E-state index in [4.69, 9.17) is 10.2 Å². The quantitative estimate of drug-likeness (QED) is 0.794. The zero-order valence-electron chi connectivity index (χ0n) is 12.0. The number of aryl methyl sites for hydroxylation is 1. The fraction of sp³-hybridized carbons (Fsp3) is 0.467. The number of aromatic carboxylic acids is 1. The molecule has 1 aliphatic rings. The average molecular weight is 292 g/mol. The van der Waals surface area contributed by atoms with Gasteiger partial charge in [0.1, 0.15) is 0 Å². The molecule has 0 atom stereocenters. The molecule has 3 N–H and O–H groups in total. The first-order chi connectivity index (χ1) is 10.0. The van der Waals surface area contributed by atoms with Crippen molar-refractivity contribution in [3.05, 3.63) is 29.3 Å². The summed E-state index contributed by atoms with van der Waals surface area (Å²) in [5.41, 5.74) is 1.48. The first-order valence-corrected chi connectivity index (χ1v) is 7.02. The number of hydrogen-bond donors (Lipinski definition) is 3. The third-order valence-corrected chi connectivity index (χ3v) is 3.89. The summed E-state index contributed by atoms with van der Waals surface area (Å²) in [5.74, 6) is -0.750. The van der Waals surface area contributed by atoms with E-state index in [9.17, 15) is 9.59 Å². The number of carbonyl (C=O) groups is 2. The molecule has 2 rings (SSSR count). The van der Waals surface area contributed by atoms with Gasteiger partial charge < -0.3 is 20.4 Å². The lowest BCUT2D eigenvalue weighted by atomic mass is 9.98. The SMILES string of the molecule is Cc1ccc(C(=O)O)cc1NC(=O)N1CCC(CO)CC1. The lowest BCUT2D eigenvalue weighted by Gasteiger charge is -2.31. The summed E-state index contributed by atoms with van der Waals surface area (Å²) in [5, 5.41) is 20.9. The number of nitrogens with zero attached hydrogens (tertiary/aromatic N) is 1. The zero-order valence-corrected chi connectivity index (χ0v) is 12.0. The summed E-state index contributed by atoms with van der Waals surface area (Å²) >= 11 is 0. The van der Waals surface area contributed by atoms with E-state index in [1.807, 2.05) is 6.92 Å². The van der Waals surface area contributed by atoms with Crippen molar-refractivity contribution >= 4 is 17.7 Å². The minimum Gasteiger partial charge on any atom is -0.478 e. The lowest BCUT2D eigenvalue weighted by Crippen LogP contribution is -2.41. The van der Waals surface area contributed by atoms with Crippen molar-refractivity contribution in [3.63, 3.8) is 0 Å². The van der Waals surface area contributed by atoms with Gasteiger partial charge in [-0.15, -0.1) is 0 Å². The fourth-order valence-electron chi connectivity index (χ4n) is 2.40. The second-order valence-corrected chi connectivity index (χ2v) is 5.38. The fourth-order valence-corrected chi connectivity index (χ4v) is 2.40. The van der Waals surface area contributed by atoms with Crippen molar-refractivity contribution in [2.24, 2.45) is 5.92 Å². The Morgan fingerprint density at radius 1 is 1.33 bits per heavy atom. The van der Waals surface area contributed by atoms with Gasteiger partial charge in [0.25, 0.3) is 0 Å². The van der Waals surface area contributed by atoms with E-state index in [2.05, 4.69) is 5.32 Å². The molecule has 0 saturated carbocycles. The number of amides is 2. The van der Waals surface area contributed by atoms with Gasteiger partial charge in [0.2, 0.25) is 0 Å². The molecule has 6 nitrogen and oxygen atoms in total. The van der Waals surface area contributed by atoms with Gasteiger partial charge in [-0.2, -0.15) is 0 Å². The number of urea groups is 1. The van der Waals surface area contributed by atoms with Gasteiger partial charge in [0, 0.05) is 25.4 Å². The van der Waals surface area contributed by atoms with Gasteiger partial charge in [-0.25, -0.2) is 9.59 Å². The lowest BCUT2D eigenvalue weighted by molar-refractivity contribution is 0.0697. The Balaban J connectivity index is 2.03. The van der Waals surface area contributed by atoms with E-state index < -0.39 is 5.97 Å². The van der Waals surface area contributed by atoms with Crippen molar-refractivity contribution in [3.8, 4) is 0 Å². The van der Waals surface area contributed by atoms with Crippen LogP contribution in [0, 0.1) is 12.8 Å². The highest BCUT2D eigenvalue weighted by molar-refractivity contribution is 5.94. The molecular weight excluding hydrogens is 272 g/mol. The van der Waals surface area contributed by atoms with E-state index in [0.717, 1.165) is 18.4 Å². The Kier molecular flexibility index (Phi) is 4.80. The highest BCUT2D eigenvalue weighted by Crippen LogP contribution is 2.20. The normalized spacial score (nSPS) is 15.8. The Morgan fingerprint density at radius 3 is 2.57 bits per heavy atom.